The van der Waals surface area contributed by atoms with E-state index in [1.165, 1.54) is 29.0 Å². The highest BCUT2D eigenvalue weighted by Gasteiger charge is 2.17. The van der Waals surface area contributed by atoms with Crippen LogP contribution in [0.4, 0.5) is 20.9 Å². The zero-order valence-electron chi connectivity index (χ0n) is 14.9. The van der Waals surface area contributed by atoms with Crippen molar-refractivity contribution in [2.75, 3.05) is 10.6 Å². The van der Waals surface area contributed by atoms with Gasteiger partial charge in [0.1, 0.15) is 10.7 Å². The predicted octanol–water partition coefficient (Wildman–Crippen LogP) is 5.46. The fourth-order valence-electron chi connectivity index (χ4n) is 2.67. The highest BCUT2D eigenvalue weighted by Crippen LogP contribution is 2.28. The Hall–Kier alpha value is -2.73. The van der Waals surface area contributed by atoms with Gasteiger partial charge in [0, 0.05) is 11.4 Å². The molecule has 0 bridgehead atoms. The summed E-state index contributed by atoms with van der Waals surface area (Å²) in [6.07, 6.45) is 0.907. The predicted molar refractivity (Wildman–Crippen MR) is 105 cm³/mol. The fourth-order valence-corrected chi connectivity index (χ4v) is 3.55. The average Bonchev–Trinajstić information content (AvgIpc) is 2.98. The van der Waals surface area contributed by atoms with Crippen molar-refractivity contribution >= 4 is 33.8 Å². The van der Waals surface area contributed by atoms with Crippen LogP contribution in [0.5, 0.6) is 0 Å². The Morgan fingerprint density at radius 1 is 1.15 bits per heavy atom. The van der Waals surface area contributed by atoms with Crippen molar-refractivity contribution in [3.8, 4) is 0 Å². The van der Waals surface area contributed by atoms with Crippen molar-refractivity contribution < 1.29 is 9.18 Å². The van der Waals surface area contributed by atoms with Gasteiger partial charge in [0.15, 0.2) is 5.13 Å². The lowest BCUT2D eigenvalue weighted by Gasteiger charge is -2.08. The number of halogens is 1. The summed E-state index contributed by atoms with van der Waals surface area (Å²) in [7, 11) is 0. The molecule has 3 rings (SSSR count). The molecule has 0 radical (unpaired) electrons. The first-order valence-corrected chi connectivity index (χ1v) is 9.19. The van der Waals surface area contributed by atoms with Crippen LogP contribution in [-0.2, 0) is 6.42 Å². The highest BCUT2D eigenvalue weighted by atomic mass is 32.1. The van der Waals surface area contributed by atoms with Gasteiger partial charge >= 0.3 is 0 Å². The van der Waals surface area contributed by atoms with Gasteiger partial charge < -0.3 is 10.6 Å². The highest BCUT2D eigenvalue weighted by molar-refractivity contribution is 7.17. The van der Waals surface area contributed by atoms with E-state index in [9.17, 15) is 9.18 Å². The van der Waals surface area contributed by atoms with E-state index in [-0.39, 0.29) is 11.7 Å². The van der Waals surface area contributed by atoms with E-state index in [1.54, 1.807) is 19.9 Å². The van der Waals surface area contributed by atoms with Gasteiger partial charge in [-0.15, -0.1) is 0 Å². The molecule has 26 heavy (non-hydrogen) atoms. The Morgan fingerprint density at radius 3 is 2.65 bits per heavy atom. The normalized spacial score (nSPS) is 10.6. The first kappa shape index (κ1) is 18.1. The van der Waals surface area contributed by atoms with E-state index < -0.39 is 0 Å². The van der Waals surface area contributed by atoms with Crippen molar-refractivity contribution in [2.24, 2.45) is 0 Å². The van der Waals surface area contributed by atoms with Crippen molar-refractivity contribution in [1.82, 2.24) is 4.98 Å². The summed E-state index contributed by atoms with van der Waals surface area (Å²) < 4.78 is 13.2. The van der Waals surface area contributed by atoms with Gasteiger partial charge in [0.05, 0.1) is 5.69 Å². The van der Waals surface area contributed by atoms with Gasteiger partial charge in [-0.05, 0) is 55.7 Å². The number of amides is 1. The Kier molecular flexibility index (Phi) is 5.32. The summed E-state index contributed by atoms with van der Waals surface area (Å²) in [5.41, 5.74) is 4.10. The lowest BCUT2D eigenvalue weighted by atomic mass is 10.1. The molecule has 0 aliphatic rings. The van der Waals surface area contributed by atoms with Crippen molar-refractivity contribution in [1.29, 1.82) is 0 Å². The molecule has 0 unspecified atom stereocenters. The molecule has 0 saturated heterocycles. The smallest absolute Gasteiger partial charge is 0.267 e. The van der Waals surface area contributed by atoms with Gasteiger partial charge in [-0.3, -0.25) is 4.79 Å². The number of nitrogens with one attached hydrogen (secondary N) is 2. The van der Waals surface area contributed by atoms with E-state index >= 15 is 0 Å². The second-order valence-corrected chi connectivity index (χ2v) is 6.98. The van der Waals surface area contributed by atoms with Gasteiger partial charge in [0.25, 0.3) is 5.91 Å². The summed E-state index contributed by atoms with van der Waals surface area (Å²) in [5, 5.41) is 6.80. The summed E-state index contributed by atoms with van der Waals surface area (Å²) in [4.78, 5) is 17.6. The molecular formula is C20H20FN3OS. The lowest BCUT2D eigenvalue weighted by Crippen LogP contribution is -2.12. The Labute approximate surface area is 156 Å². The lowest BCUT2D eigenvalue weighted by molar-refractivity contribution is 0.102. The Bertz CT molecular complexity index is 952. The Morgan fingerprint density at radius 2 is 1.92 bits per heavy atom. The van der Waals surface area contributed by atoms with E-state index in [4.69, 9.17) is 0 Å². The number of aromatic nitrogens is 1. The van der Waals surface area contributed by atoms with Crippen LogP contribution in [0, 0.1) is 19.7 Å². The van der Waals surface area contributed by atoms with Gasteiger partial charge in [-0.25, -0.2) is 9.37 Å². The minimum absolute atomic E-state index is 0.244. The average molecular weight is 369 g/mol. The monoisotopic (exact) mass is 369 g/mol. The molecule has 1 amide bonds. The van der Waals surface area contributed by atoms with Crippen molar-refractivity contribution in [3.63, 3.8) is 0 Å². The molecule has 0 aliphatic heterocycles. The number of hydrogen-bond donors (Lipinski definition) is 2. The van der Waals surface area contributed by atoms with Crippen LogP contribution in [0.3, 0.4) is 0 Å². The van der Waals surface area contributed by atoms with Crippen molar-refractivity contribution in [2.45, 2.75) is 27.2 Å². The van der Waals surface area contributed by atoms with E-state index in [0.29, 0.717) is 27.0 Å². The van der Waals surface area contributed by atoms with Crippen LogP contribution in [0.15, 0.2) is 42.5 Å². The molecule has 1 heterocycles. The first-order valence-electron chi connectivity index (χ1n) is 8.37. The summed E-state index contributed by atoms with van der Waals surface area (Å²) in [5.74, 6) is -0.568. The number of para-hydroxylation sites is 1. The van der Waals surface area contributed by atoms with Crippen LogP contribution in [-0.4, -0.2) is 10.9 Å². The minimum Gasteiger partial charge on any atom is -0.331 e. The molecule has 0 saturated carbocycles. The molecule has 2 aromatic carbocycles. The van der Waals surface area contributed by atoms with Gasteiger partial charge in [-0.1, -0.05) is 36.5 Å². The SMILES string of the molecule is CCc1ccccc1Nc1nc(C)c(C(=O)Nc2ccc(F)cc2C)s1. The van der Waals surface area contributed by atoms with Gasteiger partial charge in [0.2, 0.25) is 0 Å². The van der Waals surface area contributed by atoms with Crippen LogP contribution < -0.4 is 10.6 Å². The van der Waals surface area contributed by atoms with Crippen LogP contribution in [0.25, 0.3) is 0 Å². The van der Waals surface area contributed by atoms with E-state index in [1.807, 2.05) is 18.2 Å². The van der Waals surface area contributed by atoms with E-state index in [2.05, 4.69) is 28.6 Å². The molecule has 0 atom stereocenters. The zero-order chi connectivity index (χ0) is 18.7. The fraction of sp³-hybridized carbons (Fsp3) is 0.200. The molecule has 0 spiro atoms. The molecule has 0 aliphatic carbocycles. The summed E-state index contributed by atoms with van der Waals surface area (Å²) in [6.45, 7) is 5.66. The van der Waals surface area contributed by atoms with Crippen LogP contribution >= 0.6 is 11.3 Å². The van der Waals surface area contributed by atoms with E-state index in [0.717, 1.165) is 12.1 Å². The maximum atomic E-state index is 13.2. The largest absolute Gasteiger partial charge is 0.331 e. The molecule has 2 N–H and O–H groups in total. The molecule has 134 valence electrons. The zero-order valence-corrected chi connectivity index (χ0v) is 15.7. The quantitative estimate of drug-likeness (QED) is 0.628. The third-order valence-electron chi connectivity index (χ3n) is 4.08. The second-order valence-electron chi connectivity index (χ2n) is 5.98. The second kappa shape index (κ2) is 7.66. The third kappa shape index (κ3) is 3.91. The summed E-state index contributed by atoms with van der Waals surface area (Å²) in [6, 6.07) is 12.3. The number of anilines is 3. The maximum absolute atomic E-state index is 13.2. The Balaban J connectivity index is 1.80. The molecule has 1 aromatic heterocycles. The molecule has 6 heteroatoms. The first-order chi connectivity index (χ1) is 12.5. The number of carbonyl (C=O) groups is 1. The van der Waals surface area contributed by atoms with Crippen LogP contribution in [0.2, 0.25) is 0 Å². The number of aryl methyl sites for hydroxylation is 3. The molecule has 0 fully saturated rings. The van der Waals surface area contributed by atoms with Crippen LogP contribution in [0.1, 0.15) is 33.4 Å². The number of thiazole rings is 1. The standard InChI is InChI=1S/C20H20FN3OS/c1-4-14-7-5-6-8-17(14)24-20-22-13(3)18(26-20)19(25)23-16-10-9-15(21)11-12(16)2/h5-11H,4H2,1-3H3,(H,22,24)(H,23,25). The third-order valence-corrected chi connectivity index (χ3v) is 5.15. The molecule has 3 aromatic rings. The van der Waals surface area contributed by atoms with Gasteiger partial charge in [-0.2, -0.15) is 0 Å². The molecule has 4 nitrogen and oxygen atoms in total. The maximum Gasteiger partial charge on any atom is 0.267 e. The number of benzene rings is 2. The number of carbonyl (C=O) groups excluding carboxylic acids is 1. The number of nitrogens with zero attached hydrogens (tertiary/aromatic N) is 1. The summed E-state index contributed by atoms with van der Waals surface area (Å²) >= 11 is 1.30. The topological polar surface area (TPSA) is 54.0 Å². The number of rotatable bonds is 5. The minimum atomic E-state index is -0.324. The molecular weight excluding hydrogens is 349 g/mol. The van der Waals surface area contributed by atoms with Crippen molar-refractivity contribution in [3.05, 3.63) is 70.0 Å². The number of hydrogen-bond acceptors (Lipinski definition) is 4.